The molecule has 72 valence electrons. The third kappa shape index (κ3) is 3.48. The second-order valence-electron chi connectivity index (χ2n) is 3.01. The maximum Gasteiger partial charge on any atom is 0.210 e. The zero-order valence-electron chi connectivity index (χ0n) is 7.28. The number of rotatable bonds is 2. The molecule has 1 fully saturated rings. The van der Waals surface area contributed by atoms with Crippen LogP contribution in [0.3, 0.4) is 0 Å². The van der Waals surface area contributed by atoms with Crippen LogP contribution in [-0.4, -0.2) is 52.5 Å². The molecule has 12 heavy (non-hydrogen) atoms. The van der Waals surface area contributed by atoms with Crippen molar-refractivity contribution < 1.29 is 13.2 Å². The Hall–Kier alpha value is -0.170. The molecule has 1 heterocycles. The van der Waals surface area contributed by atoms with Gasteiger partial charge in [0.15, 0.2) is 0 Å². The van der Waals surface area contributed by atoms with Crippen LogP contribution in [0.5, 0.6) is 0 Å². The molecule has 0 radical (unpaired) electrons. The Labute approximate surface area is 72.7 Å². The van der Waals surface area contributed by atoms with Gasteiger partial charge >= 0.3 is 0 Å². The zero-order valence-corrected chi connectivity index (χ0v) is 8.10. The Kier molecular flexibility index (Phi) is 3.05. The van der Waals surface area contributed by atoms with Crippen molar-refractivity contribution in [3.63, 3.8) is 0 Å². The molecule has 0 amide bonds. The normalized spacial score (nSPS) is 27.3. The smallest absolute Gasteiger partial charge is 0.210 e. The average molecular weight is 194 g/mol. The highest BCUT2D eigenvalue weighted by atomic mass is 32.2. The molecule has 1 saturated heterocycles. The van der Waals surface area contributed by atoms with Crippen LogP contribution in [0.4, 0.5) is 0 Å². The fraction of sp³-hybridized carbons (Fsp3) is 1.00. The summed E-state index contributed by atoms with van der Waals surface area (Å²) in [6.45, 7) is 2.03. The molecule has 0 aromatic rings. The molecular formula is C6H14N2O3S. The number of nitrogens with zero attached hydrogens (tertiary/aromatic N) is 1. The van der Waals surface area contributed by atoms with Gasteiger partial charge in [0.05, 0.1) is 12.9 Å². The summed E-state index contributed by atoms with van der Waals surface area (Å²) in [6, 6.07) is 0. The second kappa shape index (κ2) is 3.69. The van der Waals surface area contributed by atoms with Crippen molar-refractivity contribution in [1.29, 1.82) is 0 Å². The maximum absolute atomic E-state index is 10.8. The number of morpholine rings is 1. The van der Waals surface area contributed by atoms with Crippen molar-refractivity contribution in [2.24, 2.45) is 0 Å². The van der Waals surface area contributed by atoms with E-state index in [1.807, 2.05) is 11.9 Å². The lowest BCUT2D eigenvalue weighted by Crippen LogP contribution is -2.49. The fourth-order valence-corrected chi connectivity index (χ4v) is 1.71. The van der Waals surface area contributed by atoms with Crippen LogP contribution in [0, 0.1) is 0 Å². The molecule has 1 rings (SSSR count). The molecule has 5 nitrogen and oxygen atoms in total. The van der Waals surface area contributed by atoms with Crippen molar-refractivity contribution in [1.82, 2.24) is 9.62 Å². The third-order valence-electron chi connectivity index (χ3n) is 1.62. The monoisotopic (exact) mass is 194 g/mol. The highest BCUT2D eigenvalue weighted by Gasteiger charge is 2.20. The van der Waals surface area contributed by atoms with Crippen LogP contribution in [0.2, 0.25) is 0 Å². The molecule has 0 aromatic heterocycles. The number of hydrogen-bond donors (Lipinski definition) is 1. The van der Waals surface area contributed by atoms with Gasteiger partial charge in [-0.15, -0.1) is 0 Å². The van der Waals surface area contributed by atoms with Crippen molar-refractivity contribution in [3.8, 4) is 0 Å². The minimum atomic E-state index is -3.15. The van der Waals surface area contributed by atoms with E-state index in [4.69, 9.17) is 4.74 Å². The van der Waals surface area contributed by atoms with E-state index in [9.17, 15) is 8.42 Å². The van der Waals surface area contributed by atoms with Crippen molar-refractivity contribution in [2.45, 2.75) is 6.23 Å². The number of nitrogens with one attached hydrogen (secondary N) is 1. The summed E-state index contributed by atoms with van der Waals surface area (Å²) >= 11 is 0. The van der Waals surface area contributed by atoms with Crippen LogP contribution in [-0.2, 0) is 14.8 Å². The van der Waals surface area contributed by atoms with Gasteiger partial charge in [0, 0.05) is 13.1 Å². The first kappa shape index (κ1) is 9.91. The Bertz CT molecular complexity index is 239. The van der Waals surface area contributed by atoms with Gasteiger partial charge in [-0.25, -0.2) is 8.42 Å². The predicted molar refractivity (Wildman–Crippen MR) is 45.2 cm³/mol. The zero-order chi connectivity index (χ0) is 9.19. The van der Waals surface area contributed by atoms with Gasteiger partial charge in [-0.05, 0) is 7.05 Å². The van der Waals surface area contributed by atoms with E-state index < -0.39 is 16.3 Å². The third-order valence-corrected chi connectivity index (χ3v) is 2.31. The van der Waals surface area contributed by atoms with E-state index in [0.29, 0.717) is 13.2 Å². The maximum atomic E-state index is 10.8. The van der Waals surface area contributed by atoms with Gasteiger partial charge < -0.3 is 9.64 Å². The summed E-state index contributed by atoms with van der Waals surface area (Å²) in [6.07, 6.45) is 0.740. The van der Waals surface area contributed by atoms with Crippen LogP contribution in [0.1, 0.15) is 0 Å². The van der Waals surface area contributed by atoms with Gasteiger partial charge in [-0.3, -0.25) is 0 Å². The highest BCUT2D eigenvalue weighted by molar-refractivity contribution is 7.88. The first-order chi connectivity index (χ1) is 5.47. The quantitative estimate of drug-likeness (QED) is 0.601. The Morgan fingerprint density at radius 3 is 2.75 bits per heavy atom. The van der Waals surface area contributed by atoms with Crippen molar-refractivity contribution in [2.75, 3.05) is 33.0 Å². The largest absolute Gasteiger partial charge is 0.360 e. The molecule has 1 atom stereocenters. The van der Waals surface area contributed by atoms with Gasteiger partial charge in [-0.2, -0.15) is 4.72 Å². The van der Waals surface area contributed by atoms with E-state index in [2.05, 4.69) is 4.72 Å². The first-order valence-electron chi connectivity index (χ1n) is 3.75. The molecule has 1 aliphatic rings. The first-order valence-corrected chi connectivity index (χ1v) is 5.64. The van der Waals surface area contributed by atoms with Crippen LogP contribution >= 0.6 is 0 Å². The Balaban J connectivity index is 2.43. The summed E-state index contributed by atoms with van der Waals surface area (Å²) in [5, 5.41) is 0. The number of hydrogen-bond acceptors (Lipinski definition) is 4. The van der Waals surface area contributed by atoms with Crippen LogP contribution in [0.25, 0.3) is 0 Å². The van der Waals surface area contributed by atoms with Gasteiger partial charge in [-0.1, -0.05) is 0 Å². The fourth-order valence-electron chi connectivity index (χ4n) is 1.09. The van der Waals surface area contributed by atoms with E-state index in [0.717, 1.165) is 12.8 Å². The lowest BCUT2D eigenvalue weighted by molar-refractivity contribution is -0.0247. The molecule has 0 spiro atoms. The SMILES string of the molecule is CN1CCOC(NS(C)(=O)=O)C1. The minimum Gasteiger partial charge on any atom is -0.360 e. The van der Waals surface area contributed by atoms with Gasteiger partial charge in [0.25, 0.3) is 0 Å². The summed E-state index contributed by atoms with van der Waals surface area (Å²) in [7, 11) is -1.22. The van der Waals surface area contributed by atoms with Crippen molar-refractivity contribution >= 4 is 10.0 Å². The molecule has 6 heteroatoms. The van der Waals surface area contributed by atoms with E-state index in [1.165, 1.54) is 0 Å². The molecule has 0 saturated carbocycles. The standard InChI is InChI=1S/C6H14N2O3S/c1-8-3-4-11-6(5-8)7-12(2,9)10/h6-7H,3-5H2,1-2H3. The topological polar surface area (TPSA) is 58.6 Å². The molecule has 1 aliphatic heterocycles. The lowest BCUT2D eigenvalue weighted by Gasteiger charge is -2.29. The van der Waals surface area contributed by atoms with Gasteiger partial charge in [0.1, 0.15) is 6.23 Å². The molecule has 0 bridgehead atoms. The number of likely N-dealkylation sites (N-methyl/N-ethyl adjacent to an activating group) is 1. The molecular weight excluding hydrogens is 180 g/mol. The Morgan fingerprint density at radius 1 is 1.58 bits per heavy atom. The average Bonchev–Trinajstić information content (AvgIpc) is 1.82. The number of ether oxygens (including phenoxy) is 1. The van der Waals surface area contributed by atoms with E-state index >= 15 is 0 Å². The lowest BCUT2D eigenvalue weighted by atomic mass is 10.4. The van der Waals surface area contributed by atoms with E-state index in [-0.39, 0.29) is 0 Å². The molecule has 1 N–H and O–H groups in total. The Morgan fingerprint density at radius 2 is 2.25 bits per heavy atom. The minimum absolute atomic E-state index is 0.390. The summed E-state index contributed by atoms with van der Waals surface area (Å²) in [4.78, 5) is 2.02. The number of sulfonamides is 1. The van der Waals surface area contributed by atoms with Crippen LogP contribution in [0.15, 0.2) is 0 Å². The van der Waals surface area contributed by atoms with Gasteiger partial charge in [0.2, 0.25) is 10.0 Å². The predicted octanol–water partition coefficient (Wildman–Crippen LogP) is -1.18. The van der Waals surface area contributed by atoms with Crippen LogP contribution < -0.4 is 4.72 Å². The molecule has 0 aliphatic carbocycles. The van der Waals surface area contributed by atoms with Crippen molar-refractivity contribution in [3.05, 3.63) is 0 Å². The second-order valence-corrected chi connectivity index (χ2v) is 4.79. The van der Waals surface area contributed by atoms with E-state index in [1.54, 1.807) is 0 Å². The molecule has 1 unspecified atom stereocenters. The highest BCUT2D eigenvalue weighted by Crippen LogP contribution is 2.00. The summed E-state index contributed by atoms with van der Waals surface area (Å²) in [5.74, 6) is 0. The summed E-state index contributed by atoms with van der Waals surface area (Å²) < 4.78 is 29.2. The summed E-state index contributed by atoms with van der Waals surface area (Å²) in [5.41, 5.74) is 0. The molecule has 0 aromatic carbocycles.